The maximum Gasteiger partial charge on any atom is 0.290 e. The quantitative estimate of drug-likeness (QED) is 0.776. The van der Waals surface area contributed by atoms with Gasteiger partial charge in [0.05, 0.1) is 11.8 Å². The van der Waals surface area contributed by atoms with Gasteiger partial charge in [-0.2, -0.15) is 0 Å². The number of hydrogen-bond donors (Lipinski definition) is 1. The molecule has 1 unspecified atom stereocenters. The van der Waals surface area contributed by atoms with Crippen LogP contribution in [0.1, 0.15) is 23.8 Å². The van der Waals surface area contributed by atoms with Crippen LogP contribution in [0.4, 0.5) is 0 Å². The molecule has 1 N–H and O–H groups in total. The maximum atomic E-state index is 12.9. The molecule has 1 aliphatic rings. The lowest BCUT2D eigenvalue weighted by Gasteiger charge is -2.26. The van der Waals surface area contributed by atoms with Crippen molar-refractivity contribution >= 4 is 11.7 Å². The largest absolute Gasteiger partial charge is 0.503 e. The van der Waals surface area contributed by atoms with Gasteiger partial charge in [-0.15, -0.1) is 0 Å². The molecule has 27 heavy (non-hydrogen) atoms. The van der Waals surface area contributed by atoms with E-state index in [2.05, 4.69) is 0 Å². The smallest absolute Gasteiger partial charge is 0.290 e. The Labute approximate surface area is 158 Å². The molecule has 1 atom stereocenters. The van der Waals surface area contributed by atoms with Gasteiger partial charge in [0.1, 0.15) is 11.8 Å². The fraction of sp³-hybridized carbons (Fsp3) is 0.333. The number of aliphatic hydroxyl groups excluding tert-OH is 1. The van der Waals surface area contributed by atoms with Crippen molar-refractivity contribution < 1.29 is 19.1 Å². The fourth-order valence-corrected chi connectivity index (χ4v) is 3.26. The van der Waals surface area contributed by atoms with Gasteiger partial charge in [-0.1, -0.05) is 30.3 Å². The number of aryl methyl sites for hydroxylation is 1. The highest BCUT2D eigenvalue weighted by molar-refractivity contribution is 6.08. The first-order valence-electron chi connectivity index (χ1n) is 8.98. The van der Waals surface area contributed by atoms with Crippen LogP contribution >= 0.6 is 0 Å². The number of carbonyl (C=O) groups is 2. The third-order valence-corrected chi connectivity index (χ3v) is 4.69. The number of Topliss-reactive ketones (excluding diaryl/α,β-unsaturated/α-hetero) is 1. The average molecular weight is 368 g/mol. The average Bonchev–Trinajstić information content (AvgIpc) is 3.27. The van der Waals surface area contributed by atoms with Gasteiger partial charge >= 0.3 is 0 Å². The lowest BCUT2D eigenvalue weighted by molar-refractivity contribution is -0.129. The van der Waals surface area contributed by atoms with Gasteiger partial charge in [-0.3, -0.25) is 9.59 Å². The molecule has 0 saturated carbocycles. The number of amides is 1. The normalized spacial score (nSPS) is 17.2. The second kappa shape index (κ2) is 8.22. The van der Waals surface area contributed by atoms with Crippen molar-refractivity contribution in [3.63, 3.8) is 0 Å². The lowest BCUT2D eigenvalue weighted by atomic mass is 9.96. The zero-order chi connectivity index (χ0) is 19.4. The van der Waals surface area contributed by atoms with Gasteiger partial charge in [-0.05, 0) is 38.2 Å². The molecule has 3 rings (SSSR count). The van der Waals surface area contributed by atoms with Crippen LogP contribution in [0.2, 0.25) is 0 Å². The first kappa shape index (κ1) is 18.9. The van der Waals surface area contributed by atoms with E-state index in [1.165, 1.54) is 11.2 Å². The number of carbonyl (C=O) groups excluding carboxylic acids is 2. The van der Waals surface area contributed by atoms with Crippen LogP contribution in [0.15, 0.2) is 64.5 Å². The van der Waals surface area contributed by atoms with E-state index in [0.29, 0.717) is 25.3 Å². The predicted octanol–water partition coefficient (Wildman–Crippen LogP) is 2.74. The molecule has 0 radical (unpaired) electrons. The Bertz CT molecular complexity index is 825. The van der Waals surface area contributed by atoms with Gasteiger partial charge in [0.25, 0.3) is 5.91 Å². The highest BCUT2D eigenvalue weighted by atomic mass is 16.3. The predicted molar refractivity (Wildman–Crippen MR) is 101 cm³/mol. The molecule has 1 aromatic heterocycles. The Kier molecular flexibility index (Phi) is 5.76. The Morgan fingerprint density at radius 3 is 2.56 bits per heavy atom. The van der Waals surface area contributed by atoms with E-state index in [1.807, 2.05) is 49.3 Å². The van der Waals surface area contributed by atoms with Crippen molar-refractivity contribution in [1.82, 2.24) is 9.80 Å². The monoisotopic (exact) mass is 368 g/mol. The zero-order valence-corrected chi connectivity index (χ0v) is 15.6. The van der Waals surface area contributed by atoms with Crippen LogP contribution in [0.25, 0.3) is 0 Å². The molecule has 6 nitrogen and oxygen atoms in total. The second-order valence-electron chi connectivity index (χ2n) is 6.89. The third-order valence-electron chi connectivity index (χ3n) is 4.69. The molecule has 1 aliphatic heterocycles. The summed E-state index contributed by atoms with van der Waals surface area (Å²) in [5.74, 6) is -0.748. The van der Waals surface area contributed by atoms with E-state index < -0.39 is 17.7 Å². The summed E-state index contributed by atoms with van der Waals surface area (Å²) in [6, 6.07) is 12.4. The number of furan rings is 1. The molecule has 6 heteroatoms. The van der Waals surface area contributed by atoms with Crippen molar-refractivity contribution in [2.45, 2.75) is 18.9 Å². The minimum Gasteiger partial charge on any atom is -0.503 e. The number of likely N-dealkylation sites (N-methyl/N-ethyl adjacent to an activating group) is 1. The summed E-state index contributed by atoms with van der Waals surface area (Å²) in [4.78, 5) is 29.0. The third kappa shape index (κ3) is 4.11. The molecule has 142 valence electrons. The fourth-order valence-electron chi connectivity index (χ4n) is 3.26. The van der Waals surface area contributed by atoms with Gasteiger partial charge < -0.3 is 19.3 Å². The van der Waals surface area contributed by atoms with Gasteiger partial charge in [0.15, 0.2) is 11.5 Å². The number of nitrogens with zero attached hydrogens (tertiary/aromatic N) is 2. The minimum absolute atomic E-state index is 0.129. The molecular weight excluding hydrogens is 344 g/mol. The summed E-state index contributed by atoms with van der Waals surface area (Å²) in [6.07, 6.45) is 2.27. The molecular formula is C21H24N2O4. The van der Waals surface area contributed by atoms with E-state index >= 15 is 0 Å². The van der Waals surface area contributed by atoms with Crippen molar-refractivity contribution in [2.24, 2.45) is 0 Å². The number of benzene rings is 1. The maximum absolute atomic E-state index is 12.9. The summed E-state index contributed by atoms with van der Waals surface area (Å²) in [6.45, 7) is 0.998. The molecule has 2 aromatic rings. The summed E-state index contributed by atoms with van der Waals surface area (Å²) in [5.41, 5.74) is 1.17. The molecule has 0 saturated heterocycles. The molecule has 2 heterocycles. The first-order valence-corrected chi connectivity index (χ1v) is 8.98. The summed E-state index contributed by atoms with van der Waals surface area (Å²) in [7, 11) is 3.81. The molecule has 0 bridgehead atoms. The second-order valence-corrected chi connectivity index (χ2v) is 6.89. The van der Waals surface area contributed by atoms with E-state index in [9.17, 15) is 14.7 Å². The Balaban J connectivity index is 1.84. The van der Waals surface area contributed by atoms with Crippen molar-refractivity contribution in [3.05, 3.63) is 71.4 Å². The van der Waals surface area contributed by atoms with E-state index in [4.69, 9.17) is 4.42 Å². The molecule has 0 fully saturated rings. The highest BCUT2D eigenvalue weighted by Crippen LogP contribution is 2.38. The molecule has 1 amide bonds. The van der Waals surface area contributed by atoms with Crippen LogP contribution < -0.4 is 0 Å². The van der Waals surface area contributed by atoms with Crippen LogP contribution in [-0.4, -0.2) is 53.8 Å². The van der Waals surface area contributed by atoms with Crippen LogP contribution in [0.5, 0.6) is 0 Å². The van der Waals surface area contributed by atoms with Crippen molar-refractivity contribution in [2.75, 3.05) is 27.2 Å². The van der Waals surface area contributed by atoms with Crippen LogP contribution in [0, 0.1) is 0 Å². The summed E-state index contributed by atoms with van der Waals surface area (Å²) < 4.78 is 5.49. The van der Waals surface area contributed by atoms with Crippen molar-refractivity contribution in [3.8, 4) is 0 Å². The summed E-state index contributed by atoms with van der Waals surface area (Å²) >= 11 is 0. The van der Waals surface area contributed by atoms with Crippen LogP contribution in [0.3, 0.4) is 0 Å². The molecule has 0 aliphatic carbocycles. The van der Waals surface area contributed by atoms with Gasteiger partial charge in [-0.25, -0.2) is 0 Å². The summed E-state index contributed by atoms with van der Waals surface area (Å²) in [5, 5.41) is 10.4. The van der Waals surface area contributed by atoms with Gasteiger partial charge in [0.2, 0.25) is 0 Å². The Hall–Kier alpha value is -2.86. The Morgan fingerprint density at radius 2 is 1.93 bits per heavy atom. The van der Waals surface area contributed by atoms with E-state index in [-0.39, 0.29) is 17.8 Å². The van der Waals surface area contributed by atoms with Crippen LogP contribution in [-0.2, 0) is 16.0 Å². The first-order chi connectivity index (χ1) is 13.0. The molecule has 1 aromatic carbocycles. The SMILES string of the molecule is CN(C)CCN1C(=O)C(O)=C(C(=O)CCc2ccccc2)C1c1ccco1. The zero-order valence-electron chi connectivity index (χ0n) is 15.6. The highest BCUT2D eigenvalue weighted by Gasteiger charge is 2.44. The van der Waals surface area contributed by atoms with Crippen molar-refractivity contribution in [1.29, 1.82) is 0 Å². The lowest BCUT2D eigenvalue weighted by Crippen LogP contribution is -2.36. The van der Waals surface area contributed by atoms with E-state index in [0.717, 1.165) is 5.56 Å². The topological polar surface area (TPSA) is 74.0 Å². The Morgan fingerprint density at radius 1 is 1.19 bits per heavy atom. The number of ketones is 1. The standard InChI is InChI=1S/C21H24N2O4/c1-22(2)12-13-23-19(17-9-6-14-27-17)18(20(25)21(23)26)16(24)11-10-15-7-4-3-5-8-15/h3-9,14,19,25H,10-13H2,1-2H3. The molecule has 0 spiro atoms. The number of hydrogen-bond acceptors (Lipinski definition) is 5. The minimum atomic E-state index is -0.685. The van der Waals surface area contributed by atoms with Gasteiger partial charge in [0, 0.05) is 19.5 Å². The number of rotatable bonds is 8. The number of aliphatic hydroxyl groups is 1. The van der Waals surface area contributed by atoms with E-state index in [1.54, 1.807) is 12.1 Å².